The van der Waals surface area contributed by atoms with E-state index in [1.54, 1.807) is 11.6 Å². The normalized spacial score (nSPS) is 23.4. The number of hydrogen-bond donors (Lipinski definition) is 1. The zero-order valence-corrected chi connectivity index (χ0v) is 14.5. The molecule has 2 heterocycles. The molecule has 1 amide bonds. The van der Waals surface area contributed by atoms with E-state index < -0.39 is 10.0 Å². The van der Waals surface area contributed by atoms with E-state index in [4.69, 9.17) is 0 Å². The van der Waals surface area contributed by atoms with E-state index in [9.17, 15) is 13.2 Å². The predicted molar refractivity (Wildman–Crippen MR) is 85.2 cm³/mol. The van der Waals surface area contributed by atoms with Gasteiger partial charge >= 0.3 is 0 Å². The molecule has 7 heteroatoms. The number of likely N-dealkylation sites (tertiary alicyclic amines) is 1. The molecule has 0 bridgehead atoms. The van der Waals surface area contributed by atoms with Crippen LogP contribution in [0.25, 0.3) is 0 Å². The lowest BCUT2D eigenvalue weighted by Crippen LogP contribution is -2.40. The fourth-order valence-corrected chi connectivity index (χ4v) is 3.77. The van der Waals surface area contributed by atoms with Gasteiger partial charge < -0.3 is 9.47 Å². The molecule has 0 spiro atoms. The minimum Gasteiger partial charge on any atom is -0.345 e. The van der Waals surface area contributed by atoms with Crippen LogP contribution in [0.15, 0.2) is 17.2 Å². The van der Waals surface area contributed by atoms with Crippen molar-refractivity contribution in [1.82, 2.24) is 14.2 Å². The summed E-state index contributed by atoms with van der Waals surface area (Å²) in [5.41, 5.74) is 0.412. The van der Waals surface area contributed by atoms with E-state index in [-0.39, 0.29) is 16.8 Å². The van der Waals surface area contributed by atoms with Crippen molar-refractivity contribution in [3.63, 3.8) is 0 Å². The highest BCUT2D eigenvalue weighted by molar-refractivity contribution is 7.89. The average molecular weight is 327 g/mol. The second kappa shape index (κ2) is 6.42. The van der Waals surface area contributed by atoms with Crippen molar-refractivity contribution in [3.8, 4) is 0 Å². The number of nitrogens with one attached hydrogen (secondary N) is 1. The summed E-state index contributed by atoms with van der Waals surface area (Å²) in [7, 11) is -0.471. The Morgan fingerprint density at radius 3 is 2.64 bits per heavy atom. The van der Waals surface area contributed by atoms with Crippen molar-refractivity contribution < 1.29 is 13.2 Å². The molecule has 1 saturated heterocycles. The fourth-order valence-electron chi connectivity index (χ4n) is 2.97. The Kier molecular flexibility index (Phi) is 4.97. The van der Waals surface area contributed by atoms with Gasteiger partial charge in [-0.1, -0.05) is 13.3 Å². The number of carbonyl (C=O) groups excluding carboxylic acids is 1. The molecular weight excluding hydrogens is 302 g/mol. The molecule has 6 nitrogen and oxygen atoms in total. The van der Waals surface area contributed by atoms with E-state index in [0.29, 0.717) is 11.6 Å². The molecule has 1 aliphatic rings. The maximum absolute atomic E-state index is 12.8. The van der Waals surface area contributed by atoms with Gasteiger partial charge in [0, 0.05) is 25.8 Å². The van der Waals surface area contributed by atoms with Crippen molar-refractivity contribution in [2.24, 2.45) is 13.0 Å². The van der Waals surface area contributed by atoms with Crippen LogP contribution in [-0.2, 0) is 17.1 Å². The van der Waals surface area contributed by atoms with Gasteiger partial charge in [-0.3, -0.25) is 4.79 Å². The van der Waals surface area contributed by atoms with E-state index in [0.717, 1.165) is 25.8 Å². The van der Waals surface area contributed by atoms with Gasteiger partial charge in [0.25, 0.3) is 5.91 Å². The van der Waals surface area contributed by atoms with E-state index >= 15 is 0 Å². The minimum atomic E-state index is -3.54. The lowest BCUT2D eigenvalue weighted by molar-refractivity contribution is 0.0667. The summed E-state index contributed by atoms with van der Waals surface area (Å²) < 4.78 is 27.6. The van der Waals surface area contributed by atoms with Crippen molar-refractivity contribution in [3.05, 3.63) is 18.0 Å². The van der Waals surface area contributed by atoms with Crippen LogP contribution >= 0.6 is 0 Å². The molecule has 2 rings (SSSR count). The van der Waals surface area contributed by atoms with Gasteiger partial charge in [-0.2, -0.15) is 0 Å². The highest BCUT2D eigenvalue weighted by Gasteiger charge is 2.28. The Morgan fingerprint density at radius 1 is 1.32 bits per heavy atom. The number of hydrogen-bond acceptors (Lipinski definition) is 3. The second-order valence-corrected chi connectivity index (χ2v) is 8.11. The molecule has 0 aliphatic carbocycles. The largest absolute Gasteiger partial charge is 0.345 e. The molecule has 1 fully saturated rings. The van der Waals surface area contributed by atoms with Crippen molar-refractivity contribution in [2.75, 3.05) is 13.6 Å². The number of nitrogens with zero attached hydrogens (tertiary/aromatic N) is 2. The number of aryl methyl sites for hydroxylation is 1. The third-order valence-electron chi connectivity index (χ3n) is 4.40. The second-order valence-electron chi connectivity index (χ2n) is 6.22. The van der Waals surface area contributed by atoms with Crippen LogP contribution in [0.3, 0.4) is 0 Å². The van der Waals surface area contributed by atoms with Gasteiger partial charge in [-0.15, -0.1) is 0 Å². The zero-order valence-electron chi connectivity index (χ0n) is 13.7. The zero-order chi connectivity index (χ0) is 16.5. The first-order valence-electron chi connectivity index (χ1n) is 7.67. The monoisotopic (exact) mass is 327 g/mol. The lowest BCUT2D eigenvalue weighted by atomic mass is 10.1. The summed E-state index contributed by atoms with van der Waals surface area (Å²) in [6, 6.07) is 1.63. The first-order chi connectivity index (χ1) is 10.3. The number of amides is 1. The Balaban J connectivity index is 2.33. The molecular formula is C15H25N3O3S. The Labute approximate surface area is 132 Å². The lowest BCUT2D eigenvalue weighted by Gasteiger charge is -2.28. The molecule has 2 atom stereocenters. The van der Waals surface area contributed by atoms with E-state index in [2.05, 4.69) is 18.6 Å². The van der Waals surface area contributed by atoms with Crippen LogP contribution < -0.4 is 4.72 Å². The van der Waals surface area contributed by atoms with Crippen LogP contribution in [0.4, 0.5) is 0 Å². The summed E-state index contributed by atoms with van der Waals surface area (Å²) in [6.45, 7) is 4.93. The number of rotatable bonds is 3. The number of aromatic nitrogens is 1. The fraction of sp³-hybridized carbons (Fsp3) is 0.667. The standard InChI is InChI=1S/C15H25N3O3S/c1-11-6-5-7-12(2)18(9-11)15(19)14-8-13(10-17(14)4)22(20,21)16-3/h8,10-12,16H,5-7,9H2,1-4H3/t11-,12-/m0/s1. The molecule has 1 aliphatic heterocycles. The third kappa shape index (κ3) is 3.35. The molecule has 124 valence electrons. The summed E-state index contributed by atoms with van der Waals surface area (Å²) >= 11 is 0. The summed E-state index contributed by atoms with van der Waals surface area (Å²) in [4.78, 5) is 14.8. The Morgan fingerprint density at radius 2 is 2.00 bits per heavy atom. The Hall–Kier alpha value is -1.34. The van der Waals surface area contributed by atoms with Crippen molar-refractivity contribution >= 4 is 15.9 Å². The number of carbonyl (C=O) groups is 1. The highest BCUT2D eigenvalue weighted by Crippen LogP contribution is 2.23. The first-order valence-corrected chi connectivity index (χ1v) is 9.15. The van der Waals surface area contributed by atoms with Gasteiger partial charge in [0.1, 0.15) is 10.6 Å². The van der Waals surface area contributed by atoms with E-state index in [1.165, 1.54) is 19.3 Å². The molecule has 0 radical (unpaired) electrons. The predicted octanol–water partition coefficient (Wildman–Crippen LogP) is 1.58. The molecule has 1 aromatic rings. The SMILES string of the molecule is CNS(=O)(=O)c1cc(C(=O)N2C[C@@H](C)CCC[C@@H]2C)n(C)c1. The highest BCUT2D eigenvalue weighted by atomic mass is 32.2. The average Bonchev–Trinajstić information content (AvgIpc) is 2.78. The number of sulfonamides is 1. The molecule has 1 N–H and O–H groups in total. The minimum absolute atomic E-state index is 0.0960. The summed E-state index contributed by atoms with van der Waals surface area (Å²) in [6.07, 6.45) is 4.71. The quantitative estimate of drug-likeness (QED) is 0.916. The van der Waals surface area contributed by atoms with Crippen molar-refractivity contribution in [2.45, 2.75) is 44.0 Å². The van der Waals surface area contributed by atoms with E-state index in [1.807, 2.05) is 4.90 Å². The van der Waals surface area contributed by atoms with Crippen LogP contribution in [-0.4, -0.2) is 43.4 Å². The topological polar surface area (TPSA) is 71.4 Å². The first kappa shape index (κ1) is 17.0. The maximum atomic E-state index is 12.8. The van der Waals surface area contributed by atoms with Crippen LogP contribution in [0.1, 0.15) is 43.6 Å². The van der Waals surface area contributed by atoms with Gasteiger partial charge in [0.2, 0.25) is 10.0 Å². The summed E-state index contributed by atoms with van der Waals surface area (Å²) in [5, 5.41) is 0. The van der Waals surface area contributed by atoms with Gasteiger partial charge in [-0.25, -0.2) is 13.1 Å². The summed E-state index contributed by atoms with van der Waals surface area (Å²) in [5.74, 6) is 0.371. The molecule has 22 heavy (non-hydrogen) atoms. The van der Waals surface area contributed by atoms with Crippen LogP contribution in [0.5, 0.6) is 0 Å². The maximum Gasteiger partial charge on any atom is 0.270 e. The van der Waals surface area contributed by atoms with Crippen molar-refractivity contribution in [1.29, 1.82) is 0 Å². The van der Waals surface area contributed by atoms with Gasteiger partial charge in [0.15, 0.2) is 0 Å². The smallest absolute Gasteiger partial charge is 0.270 e. The van der Waals surface area contributed by atoms with Crippen LogP contribution in [0, 0.1) is 5.92 Å². The van der Waals surface area contributed by atoms with Gasteiger partial charge in [0.05, 0.1) is 0 Å². The van der Waals surface area contributed by atoms with Crippen LogP contribution in [0.2, 0.25) is 0 Å². The third-order valence-corrected chi connectivity index (χ3v) is 5.78. The molecule has 0 aromatic carbocycles. The molecule has 1 aromatic heterocycles. The molecule has 0 unspecified atom stereocenters. The Bertz CT molecular complexity index is 651. The van der Waals surface area contributed by atoms with Gasteiger partial charge in [-0.05, 0) is 38.8 Å². The molecule has 0 saturated carbocycles.